The molecule has 0 spiro atoms. The van der Waals surface area contributed by atoms with E-state index in [0.29, 0.717) is 46.2 Å². The topological polar surface area (TPSA) is 127 Å². The third-order valence-corrected chi connectivity index (χ3v) is 5.88. The van der Waals surface area contributed by atoms with Crippen LogP contribution in [0.15, 0.2) is 53.8 Å². The molecule has 2 N–H and O–H groups in total. The summed E-state index contributed by atoms with van der Waals surface area (Å²) < 4.78 is 1.54. The Hall–Kier alpha value is -4.03. The van der Waals surface area contributed by atoms with Crippen LogP contribution in [0.2, 0.25) is 5.02 Å². The molecule has 1 saturated heterocycles. The number of nitrogens with zero attached hydrogens (tertiary/aromatic N) is 7. The zero-order valence-electron chi connectivity index (χ0n) is 16.8. The van der Waals surface area contributed by atoms with Crippen LogP contribution >= 0.6 is 11.6 Å². The van der Waals surface area contributed by atoms with Crippen LogP contribution in [0, 0.1) is 11.3 Å². The number of nitrogens with two attached hydrogens (primary N) is 1. The highest BCUT2D eigenvalue weighted by atomic mass is 35.5. The molecular weight excluding hydrogens is 428 g/mol. The SMILES string of the molecule is N#Cc1c(N)ncnc1N1CCCC1c1nc2cccc(Cl)c2c(=O)n1-c1cccnc1. The summed E-state index contributed by atoms with van der Waals surface area (Å²) in [5, 5.41) is 10.3. The number of fused-ring (bicyclic) bond motifs is 1. The predicted molar refractivity (Wildman–Crippen MR) is 121 cm³/mol. The van der Waals surface area contributed by atoms with Crippen molar-refractivity contribution in [1.29, 1.82) is 5.26 Å². The van der Waals surface area contributed by atoms with Gasteiger partial charge in [-0.25, -0.2) is 15.0 Å². The molecule has 1 aromatic carbocycles. The summed E-state index contributed by atoms with van der Waals surface area (Å²) in [5.74, 6) is 1.07. The van der Waals surface area contributed by atoms with E-state index in [-0.39, 0.29) is 23.0 Å². The van der Waals surface area contributed by atoms with Crippen molar-refractivity contribution in [1.82, 2.24) is 24.5 Å². The van der Waals surface area contributed by atoms with E-state index in [9.17, 15) is 10.1 Å². The van der Waals surface area contributed by atoms with Crippen molar-refractivity contribution in [3.8, 4) is 11.8 Å². The first-order valence-electron chi connectivity index (χ1n) is 9.99. The minimum atomic E-state index is -0.312. The Kier molecular flexibility index (Phi) is 4.92. The van der Waals surface area contributed by atoms with E-state index in [0.717, 1.165) is 6.42 Å². The van der Waals surface area contributed by atoms with E-state index in [4.69, 9.17) is 22.3 Å². The molecule has 0 saturated carbocycles. The normalized spacial score (nSPS) is 15.8. The highest BCUT2D eigenvalue weighted by molar-refractivity contribution is 6.35. The first-order valence-corrected chi connectivity index (χ1v) is 10.4. The first kappa shape index (κ1) is 19.9. The molecule has 158 valence electrons. The van der Waals surface area contributed by atoms with Gasteiger partial charge < -0.3 is 10.6 Å². The molecule has 0 amide bonds. The quantitative estimate of drug-likeness (QED) is 0.510. The van der Waals surface area contributed by atoms with Gasteiger partial charge in [0.2, 0.25) is 0 Å². The molecule has 0 radical (unpaired) electrons. The zero-order valence-corrected chi connectivity index (χ0v) is 17.6. The Bertz CT molecular complexity index is 1430. The fourth-order valence-electron chi connectivity index (χ4n) is 4.17. The Labute approximate surface area is 187 Å². The number of rotatable bonds is 3. The second kappa shape index (κ2) is 7.90. The fraction of sp³-hybridized carbons (Fsp3) is 0.182. The van der Waals surface area contributed by atoms with Crippen molar-refractivity contribution >= 4 is 34.1 Å². The highest BCUT2D eigenvalue weighted by Crippen LogP contribution is 2.37. The lowest BCUT2D eigenvalue weighted by Crippen LogP contribution is -2.32. The van der Waals surface area contributed by atoms with Gasteiger partial charge in [0.1, 0.15) is 29.6 Å². The molecule has 10 heteroatoms. The molecule has 1 aliphatic heterocycles. The number of halogens is 1. The molecule has 4 aromatic rings. The molecule has 0 aliphatic carbocycles. The smallest absolute Gasteiger partial charge is 0.267 e. The number of hydrogen-bond donors (Lipinski definition) is 1. The van der Waals surface area contributed by atoms with E-state index in [1.165, 1.54) is 6.33 Å². The van der Waals surface area contributed by atoms with Crippen LogP contribution in [-0.2, 0) is 0 Å². The molecule has 1 fully saturated rings. The number of hydrogen-bond acceptors (Lipinski definition) is 8. The van der Waals surface area contributed by atoms with Crippen molar-refractivity contribution in [2.75, 3.05) is 17.2 Å². The van der Waals surface area contributed by atoms with E-state index >= 15 is 0 Å². The molecule has 4 heterocycles. The molecule has 3 aromatic heterocycles. The van der Waals surface area contributed by atoms with E-state index < -0.39 is 0 Å². The summed E-state index contributed by atoms with van der Waals surface area (Å²) in [6.45, 7) is 0.631. The Morgan fingerprint density at radius 2 is 2.09 bits per heavy atom. The number of benzene rings is 1. The Morgan fingerprint density at radius 3 is 2.88 bits per heavy atom. The van der Waals surface area contributed by atoms with Crippen LogP contribution in [0.4, 0.5) is 11.6 Å². The molecular formula is C22H17ClN8O. The third kappa shape index (κ3) is 3.13. The summed E-state index contributed by atoms with van der Waals surface area (Å²) in [6.07, 6.45) is 6.13. The minimum Gasteiger partial charge on any atom is -0.382 e. The monoisotopic (exact) mass is 444 g/mol. The Morgan fingerprint density at radius 1 is 1.22 bits per heavy atom. The molecule has 9 nitrogen and oxygen atoms in total. The Balaban J connectivity index is 1.78. The van der Waals surface area contributed by atoms with Gasteiger partial charge >= 0.3 is 0 Å². The summed E-state index contributed by atoms with van der Waals surface area (Å²) in [6, 6.07) is 10.5. The van der Waals surface area contributed by atoms with Crippen molar-refractivity contribution in [3.05, 3.63) is 75.8 Å². The fourth-order valence-corrected chi connectivity index (χ4v) is 4.42. The average Bonchev–Trinajstić information content (AvgIpc) is 3.29. The van der Waals surface area contributed by atoms with Crippen LogP contribution in [0.1, 0.15) is 30.3 Å². The van der Waals surface area contributed by atoms with Gasteiger partial charge in [-0.1, -0.05) is 17.7 Å². The van der Waals surface area contributed by atoms with E-state index in [1.807, 2.05) is 4.90 Å². The maximum Gasteiger partial charge on any atom is 0.267 e. The van der Waals surface area contributed by atoms with Crippen molar-refractivity contribution < 1.29 is 0 Å². The van der Waals surface area contributed by atoms with Crippen molar-refractivity contribution in [2.24, 2.45) is 0 Å². The summed E-state index contributed by atoms with van der Waals surface area (Å²) in [4.78, 5) is 32.9. The number of nitrogen functional groups attached to an aromatic ring is 1. The molecule has 1 unspecified atom stereocenters. The predicted octanol–water partition coefficient (Wildman–Crippen LogP) is 3.02. The lowest BCUT2D eigenvalue weighted by molar-refractivity contribution is 0.632. The van der Waals surface area contributed by atoms with Gasteiger partial charge in [-0.2, -0.15) is 5.26 Å². The summed E-state index contributed by atoms with van der Waals surface area (Å²) in [5.41, 5.74) is 6.94. The molecule has 1 atom stereocenters. The van der Waals surface area contributed by atoms with Crippen LogP contribution in [0.3, 0.4) is 0 Å². The largest absolute Gasteiger partial charge is 0.382 e. The van der Waals surface area contributed by atoms with Gasteiger partial charge in [0.05, 0.1) is 33.9 Å². The maximum absolute atomic E-state index is 13.6. The van der Waals surface area contributed by atoms with Crippen molar-refractivity contribution in [3.63, 3.8) is 0 Å². The number of pyridine rings is 1. The van der Waals surface area contributed by atoms with Gasteiger partial charge in [0.15, 0.2) is 5.82 Å². The van der Waals surface area contributed by atoms with Crippen molar-refractivity contribution in [2.45, 2.75) is 18.9 Å². The molecule has 0 bridgehead atoms. The molecule has 32 heavy (non-hydrogen) atoms. The summed E-state index contributed by atoms with van der Waals surface area (Å²) >= 11 is 6.37. The summed E-state index contributed by atoms with van der Waals surface area (Å²) in [7, 11) is 0. The highest BCUT2D eigenvalue weighted by Gasteiger charge is 2.34. The van der Waals surface area contributed by atoms with Gasteiger partial charge in [-0.3, -0.25) is 14.3 Å². The molecule has 5 rings (SSSR count). The van der Waals surface area contributed by atoms with Gasteiger partial charge in [0, 0.05) is 12.7 Å². The number of aromatic nitrogens is 5. The van der Waals surface area contributed by atoms with Gasteiger partial charge in [-0.15, -0.1) is 0 Å². The van der Waals surface area contributed by atoms with Gasteiger partial charge in [0.25, 0.3) is 5.56 Å². The lowest BCUT2D eigenvalue weighted by Gasteiger charge is -2.28. The lowest BCUT2D eigenvalue weighted by atomic mass is 10.1. The van der Waals surface area contributed by atoms with Crippen LogP contribution in [0.25, 0.3) is 16.6 Å². The number of nitriles is 1. The second-order valence-electron chi connectivity index (χ2n) is 7.38. The van der Waals surface area contributed by atoms with Crippen LogP contribution < -0.4 is 16.2 Å². The van der Waals surface area contributed by atoms with E-state index in [1.54, 1.807) is 47.3 Å². The first-order chi connectivity index (χ1) is 15.6. The zero-order chi connectivity index (χ0) is 22.2. The average molecular weight is 445 g/mol. The van der Waals surface area contributed by atoms with E-state index in [2.05, 4.69) is 21.0 Å². The van der Waals surface area contributed by atoms with Gasteiger partial charge in [-0.05, 0) is 37.1 Å². The molecule has 1 aliphatic rings. The van der Waals surface area contributed by atoms with Crippen LogP contribution in [-0.4, -0.2) is 31.0 Å². The maximum atomic E-state index is 13.6. The third-order valence-electron chi connectivity index (χ3n) is 5.57. The standard InChI is InChI=1S/C22H17ClN8O/c23-15-5-1-6-16-18(15)22(32)31(13-4-2-8-26-11-13)21(29-16)17-7-3-9-30(17)20-14(10-24)19(25)27-12-28-20/h1-2,4-6,8,11-12,17H,3,7,9H2,(H2,25,27,28). The minimum absolute atomic E-state index is 0.117. The second-order valence-corrected chi connectivity index (χ2v) is 7.78. The number of anilines is 2. The van der Waals surface area contributed by atoms with Crippen LogP contribution in [0.5, 0.6) is 0 Å².